The van der Waals surface area contributed by atoms with Gasteiger partial charge in [-0.2, -0.15) is 0 Å². The first-order valence-corrected chi connectivity index (χ1v) is 5.90. The number of benzene rings is 1. The standard InChI is InChI=1S/C14H11FN2O4.K/c15-10-3-1-2-8(4-10)9-5-11(18)13(16-6-9)14(21)17-7-12(19)20;/h1-6,18H,7H2,(H,17,21)(H,19,20);/q;+1/p-1. The SMILES string of the molecule is O=C([O-])CNC(=O)c1ncc(-c2cccc(F)c2)cc1O.[K+]. The molecule has 2 rings (SSSR count). The van der Waals surface area contributed by atoms with Crippen molar-refractivity contribution in [1.82, 2.24) is 10.3 Å². The Hall–Kier alpha value is -1.32. The number of amides is 1. The number of aromatic hydroxyl groups is 1. The number of hydrogen-bond donors (Lipinski definition) is 2. The molecule has 0 saturated heterocycles. The van der Waals surface area contributed by atoms with Crippen LogP contribution in [0.5, 0.6) is 5.75 Å². The number of carboxylic acids is 1. The molecule has 0 aliphatic carbocycles. The number of nitrogens with one attached hydrogen (secondary N) is 1. The van der Waals surface area contributed by atoms with Crippen LogP contribution in [0.2, 0.25) is 0 Å². The normalized spacial score (nSPS) is 9.68. The molecule has 0 aliphatic rings. The monoisotopic (exact) mass is 328 g/mol. The average Bonchev–Trinajstić information content (AvgIpc) is 2.44. The fourth-order valence-corrected chi connectivity index (χ4v) is 1.69. The van der Waals surface area contributed by atoms with Crippen LogP contribution < -0.4 is 61.8 Å². The van der Waals surface area contributed by atoms with E-state index in [4.69, 9.17) is 0 Å². The molecule has 1 amide bonds. The molecule has 0 saturated carbocycles. The van der Waals surface area contributed by atoms with Crippen LogP contribution in [0.1, 0.15) is 10.5 Å². The number of carbonyl (C=O) groups excluding carboxylic acids is 2. The van der Waals surface area contributed by atoms with Gasteiger partial charge in [0, 0.05) is 11.8 Å². The molecule has 1 aromatic carbocycles. The van der Waals surface area contributed by atoms with E-state index in [1.807, 2.05) is 5.32 Å². The van der Waals surface area contributed by atoms with Gasteiger partial charge in [0.05, 0.1) is 12.5 Å². The molecule has 2 N–H and O–H groups in total. The predicted molar refractivity (Wildman–Crippen MR) is 68.6 cm³/mol. The van der Waals surface area contributed by atoms with E-state index >= 15 is 0 Å². The Balaban J connectivity index is 0.00000242. The number of pyridine rings is 1. The van der Waals surface area contributed by atoms with Crippen LogP contribution in [0.4, 0.5) is 4.39 Å². The largest absolute Gasteiger partial charge is 1.00 e. The van der Waals surface area contributed by atoms with Crippen LogP contribution in [-0.4, -0.2) is 28.5 Å². The van der Waals surface area contributed by atoms with E-state index in [9.17, 15) is 24.2 Å². The summed E-state index contributed by atoms with van der Waals surface area (Å²) in [6.07, 6.45) is 1.28. The zero-order valence-electron chi connectivity index (χ0n) is 11.7. The van der Waals surface area contributed by atoms with E-state index in [1.54, 1.807) is 6.07 Å². The van der Waals surface area contributed by atoms with Gasteiger partial charge in [-0.1, -0.05) is 12.1 Å². The van der Waals surface area contributed by atoms with Crippen molar-refractivity contribution in [3.05, 3.63) is 48.0 Å². The summed E-state index contributed by atoms with van der Waals surface area (Å²) in [6, 6.07) is 6.90. The summed E-state index contributed by atoms with van der Waals surface area (Å²) in [7, 11) is 0. The summed E-state index contributed by atoms with van der Waals surface area (Å²) in [4.78, 5) is 25.6. The van der Waals surface area contributed by atoms with Crippen LogP contribution in [0.3, 0.4) is 0 Å². The van der Waals surface area contributed by atoms with Crippen molar-refractivity contribution in [2.45, 2.75) is 0 Å². The summed E-state index contributed by atoms with van der Waals surface area (Å²) >= 11 is 0. The van der Waals surface area contributed by atoms with Crippen molar-refractivity contribution in [1.29, 1.82) is 0 Å². The van der Waals surface area contributed by atoms with E-state index in [2.05, 4.69) is 4.98 Å². The number of aliphatic carboxylic acids is 1. The molecule has 6 nitrogen and oxygen atoms in total. The third-order valence-electron chi connectivity index (χ3n) is 2.63. The maximum absolute atomic E-state index is 13.1. The van der Waals surface area contributed by atoms with Gasteiger partial charge in [0.1, 0.15) is 11.6 Å². The first-order valence-electron chi connectivity index (χ1n) is 5.90. The number of nitrogens with zero attached hydrogens (tertiary/aromatic N) is 1. The maximum Gasteiger partial charge on any atom is 1.00 e. The van der Waals surface area contributed by atoms with Gasteiger partial charge in [-0.05, 0) is 23.8 Å². The minimum Gasteiger partial charge on any atom is -0.548 e. The van der Waals surface area contributed by atoms with E-state index < -0.39 is 30.0 Å². The molecule has 1 aromatic heterocycles. The fourth-order valence-electron chi connectivity index (χ4n) is 1.69. The minimum atomic E-state index is -1.46. The third kappa shape index (κ3) is 4.85. The van der Waals surface area contributed by atoms with Crippen molar-refractivity contribution >= 4 is 11.9 Å². The Morgan fingerprint density at radius 3 is 2.59 bits per heavy atom. The number of hydrogen-bond acceptors (Lipinski definition) is 5. The van der Waals surface area contributed by atoms with Crippen LogP contribution >= 0.6 is 0 Å². The summed E-state index contributed by atoms with van der Waals surface area (Å²) in [5.41, 5.74) is 0.583. The summed E-state index contributed by atoms with van der Waals surface area (Å²) in [5.74, 6) is -3.18. The van der Waals surface area contributed by atoms with Crippen LogP contribution in [0, 0.1) is 5.82 Å². The van der Waals surface area contributed by atoms with Gasteiger partial charge < -0.3 is 20.3 Å². The van der Waals surface area contributed by atoms with E-state index in [1.165, 1.54) is 30.5 Å². The van der Waals surface area contributed by atoms with Crippen LogP contribution in [-0.2, 0) is 4.79 Å². The molecule has 0 bridgehead atoms. The number of rotatable bonds is 4. The van der Waals surface area contributed by atoms with Gasteiger partial charge in [0.25, 0.3) is 5.91 Å². The van der Waals surface area contributed by atoms with Gasteiger partial charge in [-0.15, -0.1) is 0 Å². The van der Waals surface area contributed by atoms with Crippen molar-refractivity contribution in [2.75, 3.05) is 6.54 Å². The van der Waals surface area contributed by atoms with Crippen molar-refractivity contribution in [3.63, 3.8) is 0 Å². The Morgan fingerprint density at radius 1 is 1.27 bits per heavy atom. The number of carboxylic acid groups (broad SMARTS) is 1. The van der Waals surface area contributed by atoms with Gasteiger partial charge >= 0.3 is 51.4 Å². The number of aromatic nitrogens is 1. The summed E-state index contributed by atoms with van der Waals surface area (Å²) in [5, 5.41) is 22.0. The molecule has 0 spiro atoms. The van der Waals surface area contributed by atoms with Crippen molar-refractivity contribution in [3.8, 4) is 16.9 Å². The van der Waals surface area contributed by atoms with E-state index in [-0.39, 0.29) is 57.1 Å². The molecule has 108 valence electrons. The van der Waals surface area contributed by atoms with Gasteiger partial charge in [0.15, 0.2) is 5.69 Å². The first kappa shape index (κ1) is 18.7. The molecule has 0 aliphatic heterocycles. The quantitative estimate of drug-likeness (QED) is 0.585. The maximum atomic E-state index is 13.1. The third-order valence-corrected chi connectivity index (χ3v) is 2.63. The fraction of sp³-hybridized carbons (Fsp3) is 0.0714. The van der Waals surface area contributed by atoms with Crippen LogP contribution in [0.25, 0.3) is 11.1 Å². The zero-order valence-corrected chi connectivity index (χ0v) is 14.8. The Bertz CT molecular complexity index is 709. The molecule has 22 heavy (non-hydrogen) atoms. The molecule has 1 heterocycles. The molecule has 0 atom stereocenters. The van der Waals surface area contributed by atoms with Gasteiger partial charge in [0.2, 0.25) is 0 Å². The van der Waals surface area contributed by atoms with Crippen LogP contribution in [0.15, 0.2) is 36.5 Å². The molecule has 2 aromatic rings. The second-order valence-electron chi connectivity index (χ2n) is 4.16. The number of carbonyl (C=O) groups is 2. The molecular weight excluding hydrogens is 318 g/mol. The average molecular weight is 328 g/mol. The molecule has 8 heteroatoms. The molecule has 0 fully saturated rings. The topological polar surface area (TPSA) is 102 Å². The first-order chi connectivity index (χ1) is 9.97. The molecule has 0 radical (unpaired) electrons. The second-order valence-corrected chi connectivity index (χ2v) is 4.16. The van der Waals surface area contributed by atoms with Crippen molar-refractivity contribution < 1.29 is 75.6 Å². The zero-order chi connectivity index (χ0) is 15.4. The van der Waals surface area contributed by atoms with Gasteiger partial charge in [-0.25, -0.2) is 9.37 Å². The van der Waals surface area contributed by atoms with Crippen molar-refractivity contribution in [2.24, 2.45) is 0 Å². The van der Waals surface area contributed by atoms with Gasteiger partial charge in [-0.3, -0.25) is 4.79 Å². The summed E-state index contributed by atoms with van der Waals surface area (Å²) in [6.45, 7) is -0.689. The van der Waals surface area contributed by atoms with E-state index in [0.29, 0.717) is 11.1 Å². The second kappa shape index (κ2) is 8.35. The number of halogens is 1. The smallest absolute Gasteiger partial charge is 0.548 e. The predicted octanol–water partition coefficient (Wildman–Crippen LogP) is -2.92. The summed E-state index contributed by atoms with van der Waals surface area (Å²) < 4.78 is 13.1. The Morgan fingerprint density at radius 2 is 2.00 bits per heavy atom. The minimum absolute atomic E-state index is 0. The molecule has 0 unspecified atom stereocenters. The van der Waals surface area contributed by atoms with E-state index in [0.717, 1.165) is 0 Å². The molecular formula is C14H10FKN2O4. The Labute approximate surface area is 167 Å². The Kier molecular flexibility index (Phi) is 7.10.